The molecule has 0 aliphatic carbocycles. The number of ketones is 1. The molecule has 0 aliphatic rings. The Morgan fingerprint density at radius 1 is 1.62 bits per heavy atom. The Hall–Kier alpha value is -0.990. The zero-order valence-corrected chi connectivity index (χ0v) is 10.9. The Bertz CT molecular complexity index is 457. The van der Waals surface area contributed by atoms with Gasteiger partial charge in [0.1, 0.15) is 10.3 Å². The first-order valence-corrected chi connectivity index (χ1v) is 7.17. The minimum absolute atomic E-state index is 0.0831. The summed E-state index contributed by atoms with van der Waals surface area (Å²) in [5.74, 6) is 0.475. The number of nitrogens with zero attached hydrogens (tertiary/aromatic N) is 1. The van der Waals surface area contributed by atoms with E-state index < -0.39 is 10.8 Å². The molecule has 0 bridgehead atoms. The van der Waals surface area contributed by atoms with Crippen molar-refractivity contribution in [2.75, 3.05) is 5.75 Å². The van der Waals surface area contributed by atoms with Gasteiger partial charge >= 0.3 is 0 Å². The molecule has 3 nitrogen and oxygen atoms in total. The summed E-state index contributed by atoms with van der Waals surface area (Å²) in [5, 5.41) is 8.90. The molecule has 1 rings (SSSR count). The summed E-state index contributed by atoms with van der Waals surface area (Å²) in [6, 6.07) is 3.53. The molecule has 0 aliphatic heterocycles. The van der Waals surface area contributed by atoms with E-state index in [1.165, 1.54) is 24.3 Å². The van der Waals surface area contributed by atoms with E-state index in [9.17, 15) is 9.00 Å². The van der Waals surface area contributed by atoms with Crippen molar-refractivity contribution in [1.29, 1.82) is 5.26 Å². The Morgan fingerprint density at radius 2 is 2.31 bits per heavy atom. The zero-order valence-electron chi connectivity index (χ0n) is 9.28. The Labute approximate surface area is 102 Å². The summed E-state index contributed by atoms with van der Waals surface area (Å²) < 4.78 is 12.4. The number of carbonyl (C=O) groups is 1. The largest absolute Gasteiger partial charge is 0.294 e. The number of hydrogen-bond donors (Lipinski definition) is 0. The van der Waals surface area contributed by atoms with Gasteiger partial charge in [0, 0.05) is 5.75 Å². The fraction of sp³-hybridized carbons (Fsp3) is 0.455. The van der Waals surface area contributed by atoms with Crippen LogP contribution in [-0.2, 0) is 10.8 Å². The summed E-state index contributed by atoms with van der Waals surface area (Å²) >= 11 is 1.18. The first kappa shape index (κ1) is 13.1. The van der Waals surface area contributed by atoms with Gasteiger partial charge in [-0.05, 0) is 19.4 Å². The first-order valence-electron chi connectivity index (χ1n) is 5.03. The molecular weight excluding hydrogens is 242 g/mol. The van der Waals surface area contributed by atoms with E-state index in [-0.39, 0.29) is 5.78 Å². The van der Waals surface area contributed by atoms with E-state index in [0.717, 1.165) is 12.8 Å². The maximum atomic E-state index is 11.9. The van der Waals surface area contributed by atoms with Crippen molar-refractivity contribution in [3.05, 3.63) is 16.5 Å². The average molecular weight is 255 g/mol. The van der Waals surface area contributed by atoms with Gasteiger partial charge in [-0.2, -0.15) is 5.26 Å². The molecule has 0 saturated heterocycles. The lowest BCUT2D eigenvalue weighted by molar-refractivity contribution is 0.102. The van der Waals surface area contributed by atoms with Gasteiger partial charge in [-0.25, -0.2) is 0 Å². The number of carbonyl (C=O) groups excluding carboxylic acids is 1. The normalized spacial score (nSPS) is 12.1. The predicted molar refractivity (Wildman–Crippen MR) is 65.2 cm³/mol. The van der Waals surface area contributed by atoms with E-state index in [2.05, 4.69) is 0 Å². The molecule has 1 aromatic rings. The van der Waals surface area contributed by atoms with Crippen molar-refractivity contribution in [2.24, 2.45) is 0 Å². The minimum atomic E-state index is -1.15. The second-order valence-electron chi connectivity index (χ2n) is 3.38. The fourth-order valence-corrected chi connectivity index (χ4v) is 3.87. The van der Waals surface area contributed by atoms with Crippen LogP contribution in [0.4, 0.5) is 0 Å². The molecule has 5 heteroatoms. The molecule has 0 fully saturated rings. The SMILES string of the molecule is CCCCS(=O)c1sc(C(C)=O)cc1C#N. The highest BCUT2D eigenvalue weighted by Crippen LogP contribution is 2.26. The molecule has 16 heavy (non-hydrogen) atoms. The molecule has 0 amide bonds. The monoisotopic (exact) mass is 255 g/mol. The van der Waals surface area contributed by atoms with Crippen LogP contribution in [0.25, 0.3) is 0 Å². The predicted octanol–water partition coefficient (Wildman–Crippen LogP) is 2.73. The maximum absolute atomic E-state index is 11.9. The third kappa shape index (κ3) is 3.00. The van der Waals surface area contributed by atoms with E-state index >= 15 is 0 Å². The molecular formula is C11H13NO2S2. The van der Waals surface area contributed by atoms with Gasteiger partial charge in [-0.3, -0.25) is 9.00 Å². The highest BCUT2D eigenvalue weighted by molar-refractivity contribution is 7.87. The molecule has 1 aromatic heterocycles. The topological polar surface area (TPSA) is 57.9 Å². The van der Waals surface area contributed by atoms with Crippen molar-refractivity contribution >= 4 is 27.9 Å². The van der Waals surface area contributed by atoms with E-state index in [1.54, 1.807) is 0 Å². The molecule has 1 heterocycles. The molecule has 0 spiro atoms. The van der Waals surface area contributed by atoms with Crippen LogP contribution in [-0.4, -0.2) is 15.7 Å². The lowest BCUT2D eigenvalue weighted by atomic mass is 10.3. The molecule has 86 valence electrons. The van der Waals surface area contributed by atoms with Gasteiger partial charge < -0.3 is 0 Å². The second-order valence-corrected chi connectivity index (χ2v) is 6.20. The van der Waals surface area contributed by atoms with E-state index in [1.807, 2.05) is 13.0 Å². The average Bonchev–Trinajstić information content (AvgIpc) is 2.69. The number of unbranched alkanes of at least 4 members (excludes halogenated alkanes) is 1. The van der Waals surface area contributed by atoms with E-state index in [4.69, 9.17) is 5.26 Å². The minimum Gasteiger partial charge on any atom is -0.294 e. The van der Waals surface area contributed by atoms with Gasteiger partial charge in [0.25, 0.3) is 0 Å². The summed E-state index contributed by atoms with van der Waals surface area (Å²) in [5.41, 5.74) is 0.379. The third-order valence-corrected chi connectivity index (χ3v) is 5.19. The molecule has 1 unspecified atom stereocenters. The van der Waals surface area contributed by atoms with Crippen molar-refractivity contribution in [3.8, 4) is 6.07 Å². The quantitative estimate of drug-likeness (QED) is 0.760. The van der Waals surface area contributed by atoms with Crippen LogP contribution in [0, 0.1) is 11.3 Å². The number of thiophene rings is 1. The van der Waals surface area contributed by atoms with Crippen LogP contribution in [0.15, 0.2) is 10.3 Å². The molecule has 0 N–H and O–H groups in total. The summed E-state index contributed by atoms with van der Waals surface area (Å²) in [6.45, 7) is 3.48. The third-order valence-electron chi connectivity index (χ3n) is 2.06. The standard InChI is InChI=1S/C11H13NO2S2/c1-3-4-5-16(14)11-9(7-12)6-10(15-11)8(2)13/h6H,3-5H2,1-2H3. The fourth-order valence-electron chi connectivity index (χ4n) is 1.16. The van der Waals surface area contributed by atoms with Crippen LogP contribution in [0.2, 0.25) is 0 Å². The zero-order chi connectivity index (χ0) is 12.1. The van der Waals surface area contributed by atoms with Crippen LogP contribution in [0.3, 0.4) is 0 Å². The Kier molecular flexibility index (Phi) is 4.84. The molecule has 1 atom stereocenters. The van der Waals surface area contributed by atoms with Crippen LogP contribution in [0.5, 0.6) is 0 Å². The van der Waals surface area contributed by atoms with Crippen LogP contribution >= 0.6 is 11.3 Å². The van der Waals surface area contributed by atoms with Gasteiger partial charge in [0.2, 0.25) is 0 Å². The van der Waals surface area contributed by atoms with Gasteiger partial charge in [0.15, 0.2) is 5.78 Å². The first-order chi connectivity index (χ1) is 7.60. The van der Waals surface area contributed by atoms with Crippen LogP contribution < -0.4 is 0 Å². The number of Topliss-reactive ketones (excluding diaryl/α,β-unsaturated/α-hetero) is 1. The highest BCUT2D eigenvalue weighted by atomic mass is 32.2. The van der Waals surface area contributed by atoms with Gasteiger partial charge in [0.05, 0.1) is 21.2 Å². The van der Waals surface area contributed by atoms with Crippen molar-refractivity contribution in [1.82, 2.24) is 0 Å². The lowest BCUT2D eigenvalue weighted by Gasteiger charge is -1.97. The molecule has 0 saturated carbocycles. The number of rotatable bonds is 5. The van der Waals surface area contributed by atoms with Crippen molar-refractivity contribution in [2.45, 2.75) is 30.9 Å². The number of hydrogen-bond acceptors (Lipinski definition) is 4. The lowest BCUT2D eigenvalue weighted by Crippen LogP contribution is -1.96. The van der Waals surface area contributed by atoms with Crippen molar-refractivity contribution in [3.63, 3.8) is 0 Å². The van der Waals surface area contributed by atoms with Gasteiger partial charge in [-0.1, -0.05) is 13.3 Å². The van der Waals surface area contributed by atoms with Crippen LogP contribution in [0.1, 0.15) is 41.9 Å². The van der Waals surface area contributed by atoms with Crippen molar-refractivity contribution < 1.29 is 9.00 Å². The maximum Gasteiger partial charge on any atom is 0.169 e. The molecule has 0 aromatic carbocycles. The second kappa shape index (κ2) is 5.92. The summed E-state index contributed by atoms with van der Waals surface area (Å²) in [7, 11) is -1.15. The Balaban J connectivity index is 2.99. The Morgan fingerprint density at radius 3 is 2.81 bits per heavy atom. The molecule has 0 radical (unpaired) electrons. The summed E-state index contributed by atoms with van der Waals surface area (Å²) in [6.07, 6.45) is 1.84. The highest BCUT2D eigenvalue weighted by Gasteiger charge is 2.16. The smallest absolute Gasteiger partial charge is 0.169 e. The summed E-state index contributed by atoms with van der Waals surface area (Å²) in [4.78, 5) is 11.7. The van der Waals surface area contributed by atoms with E-state index in [0.29, 0.717) is 20.4 Å². The van der Waals surface area contributed by atoms with Gasteiger partial charge in [-0.15, -0.1) is 11.3 Å². The number of nitriles is 1.